The molecule has 0 bridgehead atoms. The number of hydrogen-bond acceptors (Lipinski definition) is 7. The second kappa shape index (κ2) is 6.45. The number of carbonyl (C=O) groups excluding carboxylic acids is 5. The number of fused-ring (bicyclic) bond motifs is 1. The van der Waals surface area contributed by atoms with Crippen LogP contribution in [-0.2, 0) is 14.3 Å². The molecule has 0 aliphatic carbocycles. The molecular weight excluding hydrogens is 356 g/mol. The molecule has 5 amide bonds. The lowest BCUT2D eigenvalue weighted by Crippen LogP contribution is -2.54. The van der Waals surface area contributed by atoms with Crippen molar-refractivity contribution in [2.45, 2.75) is 45.3 Å². The zero-order valence-corrected chi connectivity index (χ0v) is 15.0. The normalized spacial score (nSPS) is 19.7. The molecule has 3 heterocycles. The van der Waals surface area contributed by atoms with Gasteiger partial charge in [-0.3, -0.25) is 34.7 Å². The summed E-state index contributed by atoms with van der Waals surface area (Å²) in [6.45, 7) is 5.09. The first-order valence-corrected chi connectivity index (χ1v) is 8.29. The third-order valence-corrected chi connectivity index (χ3v) is 3.92. The van der Waals surface area contributed by atoms with Gasteiger partial charge in [0.1, 0.15) is 23.2 Å². The van der Waals surface area contributed by atoms with E-state index in [1.54, 1.807) is 20.8 Å². The van der Waals surface area contributed by atoms with Crippen LogP contribution in [-0.4, -0.2) is 51.2 Å². The van der Waals surface area contributed by atoms with Crippen molar-refractivity contribution in [3.63, 3.8) is 0 Å². The van der Waals surface area contributed by atoms with E-state index >= 15 is 0 Å². The highest BCUT2D eigenvalue weighted by Crippen LogP contribution is 2.27. The van der Waals surface area contributed by atoms with Gasteiger partial charge in [-0.05, 0) is 39.3 Å². The summed E-state index contributed by atoms with van der Waals surface area (Å²) in [7, 11) is 0. The Hall–Kier alpha value is -3.30. The topological polar surface area (TPSA) is 135 Å². The summed E-state index contributed by atoms with van der Waals surface area (Å²) < 4.78 is 5.11. The molecule has 10 nitrogen and oxygen atoms in total. The van der Waals surface area contributed by atoms with Crippen LogP contribution in [0, 0.1) is 0 Å². The largest absolute Gasteiger partial charge is 0.444 e. The second-order valence-corrected chi connectivity index (χ2v) is 7.17. The molecule has 1 atom stereocenters. The zero-order valence-electron chi connectivity index (χ0n) is 15.0. The standard InChI is InChI=1S/C17H18N4O6/c1-17(2,3)27-16(26)19-10-6-4-8-12(18-10)15(25)21(14(8)24)9-5-7-11(22)20-13(9)23/h4,6,9H,5,7H2,1-3H3,(H,18,19,26)(H,20,22,23). The van der Waals surface area contributed by atoms with Crippen LogP contribution in [0.15, 0.2) is 12.1 Å². The first-order chi connectivity index (χ1) is 12.6. The lowest BCUT2D eigenvalue weighted by molar-refractivity contribution is -0.136. The van der Waals surface area contributed by atoms with E-state index in [0.29, 0.717) is 0 Å². The van der Waals surface area contributed by atoms with Crippen molar-refractivity contribution < 1.29 is 28.7 Å². The number of aromatic nitrogens is 1. The fourth-order valence-electron chi connectivity index (χ4n) is 2.82. The number of pyridine rings is 1. The van der Waals surface area contributed by atoms with Gasteiger partial charge in [0, 0.05) is 6.42 Å². The first kappa shape index (κ1) is 18.5. The Bertz CT molecular complexity index is 873. The van der Waals surface area contributed by atoms with Crippen LogP contribution in [0.3, 0.4) is 0 Å². The number of imide groups is 2. The summed E-state index contributed by atoms with van der Waals surface area (Å²) in [6, 6.07) is 1.64. The van der Waals surface area contributed by atoms with Crippen LogP contribution in [0.25, 0.3) is 0 Å². The third-order valence-electron chi connectivity index (χ3n) is 3.92. The second-order valence-electron chi connectivity index (χ2n) is 7.17. The minimum absolute atomic E-state index is 0.0273. The minimum atomic E-state index is -1.07. The van der Waals surface area contributed by atoms with Gasteiger partial charge in [-0.25, -0.2) is 9.78 Å². The third kappa shape index (κ3) is 3.64. The Morgan fingerprint density at radius 1 is 1.22 bits per heavy atom. The monoisotopic (exact) mass is 374 g/mol. The lowest BCUT2D eigenvalue weighted by Gasteiger charge is -2.27. The van der Waals surface area contributed by atoms with Gasteiger partial charge in [0.2, 0.25) is 11.8 Å². The average molecular weight is 374 g/mol. The molecule has 2 N–H and O–H groups in total. The predicted molar refractivity (Wildman–Crippen MR) is 90.8 cm³/mol. The van der Waals surface area contributed by atoms with Crippen molar-refractivity contribution in [3.05, 3.63) is 23.4 Å². The van der Waals surface area contributed by atoms with E-state index in [-0.39, 0.29) is 29.9 Å². The quantitative estimate of drug-likeness (QED) is 0.732. The minimum Gasteiger partial charge on any atom is -0.444 e. The maximum atomic E-state index is 12.6. The van der Waals surface area contributed by atoms with Gasteiger partial charge in [-0.15, -0.1) is 0 Å². The molecule has 0 spiro atoms. The molecule has 1 aromatic heterocycles. The van der Waals surface area contributed by atoms with Crippen LogP contribution in [0.1, 0.15) is 54.5 Å². The van der Waals surface area contributed by atoms with E-state index in [1.807, 2.05) is 0 Å². The number of amides is 5. The van der Waals surface area contributed by atoms with E-state index < -0.39 is 41.4 Å². The summed E-state index contributed by atoms with van der Waals surface area (Å²) >= 11 is 0. The smallest absolute Gasteiger partial charge is 0.413 e. The van der Waals surface area contributed by atoms with Crippen LogP contribution < -0.4 is 10.6 Å². The number of rotatable bonds is 2. The summed E-state index contributed by atoms with van der Waals surface area (Å²) in [5.74, 6) is -2.53. The Kier molecular flexibility index (Phi) is 4.42. The summed E-state index contributed by atoms with van der Waals surface area (Å²) in [6.07, 6.45) is -0.671. The Morgan fingerprint density at radius 2 is 1.93 bits per heavy atom. The molecule has 0 saturated carbocycles. The molecular formula is C17H18N4O6. The van der Waals surface area contributed by atoms with Gasteiger partial charge in [0.25, 0.3) is 11.8 Å². The van der Waals surface area contributed by atoms with E-state index in [4.69, 9.17) is 4.74 Å². The SMILES string of the molecule is CC(C)(C)OC(=O)Nc1ccc2c(n1)C(=O)N(C1CCC(=O)NC1=O)C2=O. The van der Waals surface area contributed by atoms with Gasteiger partial charge in [0.15, 0.2) is 0 Å². The summed E-state index contributed by atoms with van der Waals surface area (Å²) in [4.78, 5) is 65.1. The number of anilines is 1. The van der Waals surface area contributed by atoms with Crippen LogP contribution in [0.5, 0.6) is 0 Å². The molecule has 0 radical (unpaired) electrons. The van der Waals surface area contributed by atoms with Gasteiger partial charge in [0.05, 0.1) is 5.56 Å². The molecule has 3 rings (SSSR count). The van der Waals surface area contributed by atoms with E-state index in [2.05, 4.69) is 15.6 Å². The molecule has 1 aromatic rings. The fourth-order valence-corrected chi connectivity index (χ4v) is 2.82. The maximum Gasteiger partial charge on any atom is 0.413 e. The number of nitrogens with zero attached hydrogens (tertiary/aromatic N) is 2. The molecule has 2 aliphatic heterocycles. The molecule has 0 aromatic carbocycles. The van der Waals surface area contributed by atoms with Crippen molar-refractivity contribution in [2.75, 3.05) is 5.32 Å². The fraction of sp³-hybridized carbons (Fsp3) is 0.412. The van der Waals surface area contributed by atoms with Crippen LogP contribution >= 0.6 is 0 Å². The zero-order chi connectivity index (χ0) is 19.9. The molecule has 1 fully saturated rings. The van der Waals surface area contributed by atoms with Crippen LogP contribution in [0.2, 0.25) is 0 Å². The Morgan fingerprint density at radius 3 is 2.56 bits per heavy atom. The summed E-state index contributed by atoms with van der Waals surface area (Å²) in [5.41, 5.74) is -0.854. The molecule has 2 aliphatic rings. The van der Waals surface area contributed by atoms with Crippen molar-refractivity contribution in [1.82, 2.24) is 15.2 Å². The van der Waals surface area contributed by atoms with Gasteiger partial charge in [-0.2, -0.15) is 0 Å². The van der Waals surface area contributed by atoms with Crippen molar-refractivity contribution >= 4 is 35.5 Å². The number of piperidine rings is 1. The highest BCUT2D eigenvalue weighted by atomic mass is 16.6. The maximum absolute atomic E-state index is 12.6. The number of hydrogen-bond donors (Lipinski definition) is 2. The lowest BCUT2D eigenvalue weighted by atomic mass is 10.0. The predicted octanol–water partition coefficient (Wildman–Crippen LogP) is 0.830. The Balaban J connectivity index is 1.81. The Labute approximate surface area is 154 Å². The molecule has 142 valence electrons. The van der Waals surface area contributed by atoms with Crippen molar-refractivity contribution in [3.8, 4) is 0 Å². The average Bonchev–Trinajstić information content (AvgIpc) is 2.77. The van der Waals surface area contributed by atoms with Gasteiger partial charge in [-0.1, -0.05) is 0 Å². The number of nitrogens with one attached hydrogen (secondary N) is 2. The molecule has 1 unspecified atom stereocenters. The number of ether oxygens (including phenoxy) is 1. The number of carbonyl (C=O) groups is 5. The van der Waals surface area contributed by atoms with Crippen molar-refractivity contribution in [1.29, 1.82) is 0 Å². The molecule has 27 heavy (non-hydrogen) atoms. The van der Waals surface area contributed by atoms with E-state index in [0.717, 1.165) is 4.90 Å². The van der Waals surface area contributed by atoms with E-state index in [9.17, 15) is 24.0 Å². The highest BCUT2D eigenvalue weighted by Gasteiger charge is 2.45. The molecule has 1 saturated heterocycles. The van der Waals surface area contributed by atoms with Crippen LogP contribution in [0.4, 0.5) is 10.6 Å². The van der Waals surface area contributed by atoms with Crippen molar-refractivity contribution in [2.24, 2.45) is 0 Å². The van der Waals surface area contributed by atoms with E-state index in [1.165, 1.54) is 12.1 Å². The first-order valence-electron chi connectivity index (χ1n) is 8.29. The summed E-state index contributed by atoms with van der Waals surface area (Å²) in [5, 5.41) is 4.51. The molecule has 10 heteroatoms. The van der Waals surface area contributed by atoms with Gasteiger partial charge < -0.3 is 4.74 Å². The van der Waals surface area contributed by atoms with Gasteiger partial charge >= 0.3 is 6.09 Å². The highest BCUT2D eigenvalue weighted by molar-refractivity contribution is 6.22.